The summed E-state index contributed by atoms with van der Waals surface area (Å²) in [6.07, 6.45) is 2.37. The van der Waals surface area contributed by atoms with Crippen molar-refractivity contribution in [3.8, 4) is 0 Å². The predicted molar refractivity (Wildman–Crippen MR) is 157 cm³/mol. The Balaban J connectivity index is 0.000000317. The van der Waals surface area contributed by atoms with Gasteiger partial charge in [-0.1, -0.05) is 30.3 Å². The average Bonchev–Trinajstić information content (AvgIpc) is 2.87. The van der Waals surface area contributed by atoms with Crippen molar-refractivity contribution in [2.24, 2.45) is 11.8 Å². The van der Waals surface area contributed by atoms with Crippen LogP contribution in [-0.2, 0) is 30.3 Å². The van der Waals surface area contributed by atoms with Gasteiger partial charge in [0.15, 0.2) is 0 Å². The number of carbonyl (C=O) groups excluding carboxylic acids is 5. The Morgan fingerprint density at radius 1 is 0.707 bits per heavy atom. The third kappa shape index (κ3) is 12.9. The molecule has 2 aliphatic rings. The van der Waals surface area contributed by atoms with Gasteiger partial charge in [-0.05, 0) is 79.7 Å². The highest BCUT2D eigenvalue weighted by Crippen LogP contribution is 2.22. The Morgan fingerprint density at radius 2 is 1.12 bits per heavy atom. The topological polar surface area (TPSA) is 110 Å². The van der Waals surface area contributed by atoms with Crippen molar-refractivity contribution < 1.29 is 33.4 Å². The van der Waals surface area contributed by atoms with E-state index in [4.69, 9.17) is 9.47 Å². The minimum atomic E-state index is -0.520. The van der Waals surface area contributed by atoms with Gasteiger partial charge in [-0.25, -0.2) is 9.59 Å². The maximum Gasteiger partial charge on any atom is 0.410 e. The highest BCUT2D eigenvalue weighted by molar-refractivity contribution is 6.00. The molecular weight excluding hydrogens is 524 g/mol. The molecule has 0 bridgehead atoms. The number of benzene rings is 1. The number of hydrogen-bond donors (Lipinski definition) is 0. The van der Waals surface area contributed by atoms with E-state index in [1.54, 1.807) is 16.7 Å². The SMILES string of the molecule is CC(=O)C1CCN(C(=O)OC(C)(C)C)CC1.CC(C)(C)OC(=O)N1CCC(C(=O)CC(=O)Cc2ccccc2)CC1. The van der Waals surface area contributed by atoms with Crippen LogP contribution in [0.3, 0.4) is 0 Å². The summed E-state index contributed by atoms with van der Waals surface area (Å²) >= 11 is 0. The molecule has 0 aliphatic carbocycles. The van der Waals surface area contributed by atoms with Gasteiger partial charge in [-0.15, -0.1) is 0 Å². The smallest absolute Gasteiger partial charge is 0.410 e. The molecule has 2 fully saturated rings. The van der Waals surface area contributed by atoms with E-state index in [9.17, 15) is 24.0 Å². The second-order valence-electron chi connectivity index (χ2n) is 12.9. The number of carbonyl (C=O) groups is 5. The standard InChI is InChI=1S/C20H27NO4.C12H21NO3/c1-20(2,3)25-19(24)21-11-9-16(10-12-21)18(23)14-17(22)13-15-7-5-4-6-8-15;1-9(14)10-5-7-13(8-6-10)11(15)16-12(2,3)4/h4-8,16H,9-14H2,1-3H3;10H,5-8H2,1-4H3. The van der Waals surface area contributed by atoms with E-state index in [0.29, 0.717) is 45.4 Å². The number of ether oxygens (including phenoxy) is 2. The zero-order chi connectivity index (χ0) is 30.8. The molecule has 228 valence electrons. The maximum atomic E-state index is 12.3. The molecule has 0 atom stereocenters. The number of rotatable bonds is 6. The van der Waals surface area contributed by atoms with Crippen LogP contribution in [0.2, 0.25) is 0 Å². The second kappa shape index (κ2) is 15.1. The first-order valence-electron chi connectivity index (χ1n) is 14.6. The van der Waals surface area contributed by atoms with Crippen molar-refractivity contribution in [2.45, 2.75) is 98.2 Å². The quantitative estimate of drug-likeness (QED) is 0.407. The Bertz CT molecular complexity index is 1040. The summed E-state index contributed by atoms with van der Waals surface area (Å²) in [6.45, 7) is 14.9. The maximum absolute atomic E-state index is 12.3. The van der Waals surface area contributed by atoms with Gasteiger partial charge in [0, 0.05) is 44.4 Å². The summed E-state index contributed by atoms with van der Waals surface area (Å²) in [5, 5.41) is 0. The lowest BCUT2D eigenvalue weighted by Gasteiger charge is -2.32. The summed E-state index contributed by atoms with van der Waals surface area (Å²) < 4.78 is 10.6. The molecule has 1 aromatic carbocycles. The van der Waals surface area contributed by atoms with E-state index in [1.807, 2.05) is 71.9 Å². The van der Waals surface area contributed by atoms with Gasteiger partial charge in [-0.2, -0.15) is 0 Å². The zero-order valence-corrected chi connectivity index (χ0v) is 25.9. The summed E-state index contributed by atoms with van der Waals surface area (Å²) in [5.41, 5.74) is -0.0395. The highest BCUT2D eigenvalue weighted by Gasteiger charge is 2.31. The van der Waals surface area contributed by atoms with Crippen LogP contribution in [0.5, 0.6) is 0 Å². The molecule has 9 nitrogen and oxygen atoms in total. The Labute approximate surface area is 244 Å². The molecule has 1 aromatic rings. The number of ketones is 3. The highest BCUT2D eigenvalue weighted by atomic mass is 16.6. The predicted octanol–water partition coefficient (Wildman–Crippen LogP) is 5.63. The Hall–Kier alpha value is -3.23. The molecule has 2 saturated heterocycles. The molecule has 2 heterocycles. The summed E-state index contributed by atoms with van der Waals surface area (Å²) in [6, 6.07) is 9.45. The lowest BCUT2D eigenvalue weighted by atomic mass is 9.89. The normalized spacial score (nSPS) is 16.8. The Morgan fingerprint density at radius 3 is 1.51 bits per heavy atom. The van der Waals surface area contributed by atoms with E-state index in [1.165, 1.54) is 0 Å². The molecule has 2 aliphatic heterocycles. The van der Waals surface area contributed by atoms with Crippen LogP contribution in [-0.4, -0.2) is 76.7 Å². The van der Waals surface area contributed by atoms with Crippen molar-refractivity contribution >= 4 is 29.5 Å². The molecule has 0 unspecified atom stereocenters. The zero-order valence-electron chi connectivity index (χ0n) is 25.9. The van der Waals surface area contributed by atoms with Crippen molar-refractivity contribution in [2.75, 3.05) is 26.2 Å². The molecular formula is C32H48N2O7. The van der Waals surface area contributed by atoms with E-state index in [0.717, 1.165) is 18.4 Å². The number of hydrogen-bond acceptors (Lipinski definition) is 7. The van der Waals surface area contributed by atoms with Gasteiger partial charge < -0.3 is 19.3 Å². The third-order valence-corrected chi connectivity index (χ3v) is 6.94. The fourth-order valence-electron chi connectivity index (χ4n) is 4.73. The van der Waals surface area contributed by atoms with E-state index in [-0.39, 0.29) is 47.8 Å². The summed E-state index contributed by atoms with van der Waals surface area (Å²) in [7, 11) is 0. The van der Waals surface area contributed by atoms with Gasteiger partial charge in [0.2, 0.25) is 0 Å². The number of piperidine rings is 2. The summed E-state index contributed by atoms with van der Waals surface area (Å²) in [4.78, 5) is 62.7. The van der Waals surface area contributed by atoms with E-state index in [2.05, 4.69) is 0 Å². The van der Waals surface area contributed by atoms with Crippen molar-refractivity contribution in [1.82, 2.24) is 9.80 Å². The van der Waals surface area contributed by atoms with Crippen LogP contribution in [0.25, 0.3) is 0 Å². The minimum Gasteiger partial charge on any atom is -0.444 e. The second-order valence-corrected chi connectivity index (χ2v) is 12.9. The monoisotopic (exact) mass is 572 g/mol. The van der Waals surface area contributed by atoms with Crippen molar-refractivity contribution in [3.05, 3.63) is 35.9 Å². The first-order valence-corrected chi connectivity index (χ1v) is 14.6. The fraction of sp³-hybridized carbons (Fsp3) is 0.656. The molecule has 0 N–H and O–H groups in total. The van der Waals surface area contributed by atoms with Crippen LogP contribution in [0.4, 0.5) is 9.59 Å². The van der Waals surface area contributed by atoms with Gasteiger partial charge in [0.25, 0.3) is 0 Å². The van der Waals surface area contributed by atoms with Crippen LogP contribution < -0.4 is 0 Å². The van der Waals surface area contributed by atoms with E-state index < -0.39 is 11.2 Å². The Kier molecular flexibility index (Phi) is 12.5. The molecule has 9 heteroatoms. The number of Topliss-reactive ketones (excluding diaryl/α,β-unsaturated/α-hetero) is 3. The molecule has 2 amide bonds. The minimum absolute atomic E-state index is 0.00947. The summed E-state index contributed by atoms with van der Waals surface area (Å²) in [5.74, 6) is 0.150. The molecule has 0 saturated carbocycles. The van der Waals surface area contributed by atoms with E-state index >= 15 is 0 Å². The molecule has 41 heavy (non-hydrogen) atoms. The number of likely N-dealkylation sites (tertiary alicyclic amines) is 2. The number of nitrogens with zero attached hydrogens (tertiary/aromatic N) is 2. The average molecular weight is 573 g/mol. The molecule has 0 spiro atoms. The van der Waals surface area contributed by atoms with Gasteiger partial charge in [-0.3, -0.25) is 14.4 Å². The first kappa shape index (κ1) is 34.0. The molecule has 0 radical (unpaired) electrons. The third-order valence-electron chi connectivity index (χ3n) is 6.94. The number of amides is 2. The van der Waals surface area contributed by atoms with Crippen LogP contribution in [0.15, 0.2) is 30.3 Å². The fourth-order valence-corrected chi connectivity index (χ4v) is 4.73. The van der Waals surface area contributed by atoms with Crippen LogP contribution >= 0.6 is 0 Å². The van der Waals surface area contributed by atoms with Gasteiger partial charge >= 0.3 is 12.2 Å². The lowest BCUT2D eigenvalue weighted by Crippen LogP contribution is -2.43. The van der Waals surface area contributed by atoms with Gasteiger partial charge in [0.1, 0.15) is 28.6 Å². The largest absolute Gasteiger partial charge is 0.444 e. The first-order chi connectivity index (χ1) is 19.0. The van der Waals surface area contributed by atoms with Crippen LogP contribution in [0, 0.1) is 11.8 Å². The molecule has 3 rings (SSSR count). The van der Waals surface area contributed by atoms with Crippen molar-refractivity contribution in [1.29, 1.82) is 0 Å². The lowest BCUT2D eigenvalue weighted by molar-refractivity contribution is -0.130. The van der Waals surface area contributed by atoms with Crippen molar-refractivity contribution in [3.63, 3.8) is 0 Å². The molecule has 0 aromatic heterocycles. The van der Waals surface area contributed by atoms with Crippen LogP contribution in [0.1, 0.15) is 86.1 Å². The van der Waals surface area contributed by atoms with Gasteiger partial charge in [0.05, 0.1) is 6.42 Å².